The summed E-state index contributed by atoms with van der Waals surface area (Å²) in [5, 5.41) is 0. The summed E-state index contributed by atoms with van der Waals surface area (Å²) in [6, 6.07) is 0.111. The van der Waals surface area contributed by atoms with Crippen molar-refractivity contribution in [2.45, 2.75) is 46.6 Å². The molecule has 3 heteroatoms. The van der Waals surface area contributed by atoms with Crippen molar-refractivity contribution in [3.05, 3.63) is 23.3 Å². The van der Waals surface area contributed by atoms with Crippen molar-refractivity contribution in [2.75, 3.05) is 0 Å². The van der Waals surface area contributed by atoms with Gasteiger partial charge in [-0.15, -0.1) is 0 Å². The lowest BCUT2D eigenvalue weighted by Crippen LogP contribution is -2.30. The van der Waals surface area contributed by atoms with Crippen LogP contribution in [0.25, 0.3) is 0 Å². The van der Waals surface area contributed by atoms with Crippen LogP contribution < -0.4 is 5.73 Å². The van der Waals surface area contributed by atoms with Crippen LogP contribution in [-0.4, -0.2) is 16.0 Å². The lowest BCUT2D eigenvalue weighted by atomic mass is 9.86. The van der Waals surface area contributed by atoms with Crippen LogP contribution in [0.3, 0.4) is 0 Å². The molecule has 84 valence electrons. The third-order valence-corrected chi connectivity index (χ3v) is 2.71. The molecule has 0 saturated carbocycles. The Morgan fingerprint density at radius 2 is 1.80 bits per heavy atom. The first kappa shape index (κ1) is 12.1. The number of rotatable bonds is 3. The number of hydrogen-bond donors (Lipinski definition) is 1. The van der Waals surface area contributed by atoms with Crippen LogP contribution in [0.1, 0.15) is 43.8 Å². The van der Waals surface area contributed by atoms with Gasteiger partial charge in [-0.05, 0) is 26.7 Å². The van der Waals surface area contributed by atoms with Crippen LogP contribution in [0.5, 0.6) is 0 Å². The highest BCUT2D eigenvalue weighted by atomic mass is 14.8. The largest absolute Gasteiger partial charge is 0.327 e. The zero-order valence-electron chi connectivity index (χ0n) is 10.3. The second-order valence-electron chi connectivity index (χ2n) is 4.61. The summed E-state index contributed by atoms with van der Waals surface area (Å²) in [6.45, 7) is 10.4. The van der Waals surface area contributed by atoms with E-state index in [-0.39, 0.29) is 12.0 Å². The minimum Gasteiger partial charge on any atom is -0.327 e. The Bertz CT molecular complexity index is 324. The molecule has 2 unspecified atom stereocenters. The molecular weight excluding hydrogens is 186 g/mol. The van der Waals surface area contributed by atoms with Gasteiger partial charge in [-0.3, -0.25) is 9.97 Å². The van der Waals surface area contributed by atoms with Crippen LogP contribution >= 0.6 is 0 Å². The molecule has 0 aliphatic heterocycles. The van der Waals surface area contributed by atoms with Crippen molar-refractivity contribution in [3.63, 3.8) is 0 Å². The summed E-state index contributed by atoms with van der Waals surface area (Å²) >= 11 is 0. The molecule has 15 heavy (non-hydrogen) atoms. The van der Waals surface area contributed by atoms with Gasteiger partial charge in [-0.1, -0.05) is 13.8 Å². The maximum Gasteiger partial charge on any atom is 0.0667 e. The summed E-state index contributed by atoms with van der Waals surface area (Å²) < 4.78 is 0. The molecule has 0 radical (unpaired) electrons. The molecule has 0 fully saturated rings. The molecule has 0 aliphatic carbocycles. The minimum absolute atomic E-state index is 0.111. The number of hydrogen-bond acceptors (Lipinski definition) is 3. The highest BCUT2D eigenvalue weighted by Gasteiger charge is 2.23. The average molecular weight is 207 g/mol. The molecule has 2 atom stereocenters. The Labute approximate surface area is 92.1 Å². The van der Waals surface area contributed by atoms with Crippen LogP contribution in [0, 0.1) is 19.8 Å². The summed E-state index contributed by atoms with van der Waals surface area (Å²) in [4.78, 5) is 8.92. The molecule has 0 amide bonds. The fourth-order valence-corrected chi connectivity index (χ4v) is 2.04. The lowest BCUT2D eigenvalue weighted by molar-refractivity contribution is 0.423. The molecule has 1 aromatic rings. The Balaban J connectivity index is 3.16. The quantitative estimate of drug-likeness (QED) is 0.826. The van der Waals surface area contributed by atoms with Crippen molar-refractivity contribution < 1.29 is 0 Å². The number of nitrogens with zero attached hydrogens (tertiary/aromatic N) is 2. The predicted molar refractivity (Wildman–Crippen MR) is 62.7 cm³/mol. The van der Waals surface area contributed by atoms with Crippen LogP contribution in [0.4, 0.5) is 0 Å². The zero-order valence-corrected chi connectivity index (χ0v) is 10.3. The van der Waals surface area contributed by atoms with E-state index in [9.17, 15) is 0 Å². The van der Waals surface area contributed by atoms with E-state index in [2.05, 4.69) is 23.8 Å². The fourth-order valence-electron chi connectivity index (χ4n) is 2.04. The van der Waals surface area contributed by atoms with Crippen molar-refractivity contribution in [3.8, 4) is 0 Å². The summed E-state index contributed by atoms with van der Waals surface area (Å²) in [7, 11) is 0. The topological polar surface area (TPSA) is 51.8 Å². The maximum atomic E-state index is 6.02. The molecule has 0 aliphatic rings. The van der Waals surface area contributed by atoms with E-state index in [1.165, 1.54) is 0 Å². The molecule has 0 bridgehead atoms. The molecule has 1 aromatic heterocycles. The van der Waals surface area contributed by atoms with Gasteiger partial charge in [0.2, 0.25) is 0 Å². The SMILES string of the molecule is Cc1cnc(C)c(C(C(C)C)C(C)N)n1. The number of nitrogens with two attached hydrogens (primary N) is 1. The normalized spacial score (nSPS) is 15.4. The Hall–Kier alpha value is -0.960. The summed E-state index contributed by atoms with van der Waals surface area (Å²) in [5.41, 5.74) is 9.03. The van der Waals surface area contributed by atoms with E-state index in [4.69, 9.17) is 5.73 Å². The number of aryl methyl sites for hydroxylation is 2. The van der Waals surface area contributed by atoms with E-state index in [0.29, 0.717) is 5.92 Å². The second-order valence-corrected chi connectivity index (χ2v) is 4.61. The monoisotopic (exact) mass is 207 g/mol. The number of aromatic nitrogens is 2. The minimum atomic E-state index is 0.111. The third kappa shape index (κ3) is 2.75. The third-order valence-electron chi connectivity index (χ3n) is 2.71. The Morgan fingerprint density at radius 1 is 1.20 bits per heavy atom. The van der Waals surface area contributed by atoms with Gasteiger partial charge in [0.25, 0.3) is 0 Å². The van der Waals surface area contributed by atoms with E-state index >= 15 is 0 Å². The Morgan fingerprint density at radius 3 is 2.27 bits per heavy atom. The van der Waals surface area contributed by atoms with Gasteiger partial charge in [-0.2, -0.15) is 0 Å². The molecular formula is C12H21N3. The molecule has 0 aromatic carbocycles. The predicted octanol–water partition coefficient (Wildman–Crippen LogP) is 2.18. The van der Waals surface area contributed by atoms with Crippen LogP contribution in [0.15, 0.2) is 6.20 Å². The highest BCUT2D eigenvalue weighted by molar-refractivity contribution is 5.19. The molecule has 1 heterocycles. The van der Waals surface area contributed by atoms with Gasteiger partial charge < -0.3 is 5.73 Å². The van der Waals surface area contributed by atoms with Gasteiger partial charge in [0.1, 0.15) is 0 Å². The fraction of sp³-hybridized carbons (Fsp3) is 0.667. The first-order chi connectivity index (χ1) is 6.93. The van der Waals surface area contributed by atoms with Gasteiger partial charge in [0, 0.05) is 18.2 Å². The van der Waals surface area contributed by atoms with Crippen molar-refractivity contribution in [2.24, 2.45) is 11.7 Å². The zero-order chi connectivity index (χ0) is 11.6. The molecule has 0 spiro atoms. The smallest absolute Gasteiger partial charge is 0.0667 e. The standard InChI is InChI=1S/C12H21N3/c1-7(2)11(9(4)13)12-10(5)14-6-8(3)15-12/h6-7,9,11H,13H2,1-5H3. The van der Waals surface area contributed by atoms with E-state index in [0.717, 1.165) is 17.1 Å². The summed E-state index contributed by atoms with van der Waals surface area (Å²) in [5.74, 6) is 0.775. The maximum absolute atomic E-state index is 6.02. The van der Waals surface area contributed by atoms with Crippen molar-refractivity contribution in [1.29, 1.82) is 0 Å². The second kappa shape index (κ2) is 4.71. The van der Waals surface area contributed by atoms with Crippen molar-refractivity contribution in [1.82, 2.24) is 9.97 Å². The first-order valence-corrected chi connectivity index (χ1v) is 5.49. The van der Waals surface area contributed by atoms with Crippen LogP contribution in [-0.2, 0) is 0 Å². The molecule has 3 nitrogen and oxygen atoms in total. The molecule has 0 saturated heterocycles. The van der Waals surface area contributed by atoms with Crippen LogP contribution in [0.2, 0.25) is 0 Å². The van der Waals surface area contributed by atoms with Gasteiger partial charge in [0.05, 0.1) is 17.1 Å². The lowest BCUT2D eigenvalue weighted by Gasteiger charge is -2.25. The van der Waals surface area contributed by atoms with Crippen molar-refractivity contribution >= 4 is 0 Å². The molecule has 1 rings (SSSR count). The van der Waals surface area contributed by atoms with Gasteiger partial charge in [-0.25, -0.2) is 0 Å². The van der Waals surface area contributed by atoms with E-state index in [1.54, 1.807) is 6.20 Å². The average Bonchev–Trinajstić information content (AvgIpc) is 2.10. The van der Waals surface area contributed by atoms with E-state index < -0.39 is 0 Å². The van der Waals surface area contributed by atoms with Gasteiger partial charge in [0.15, 0.2) is 0 Å². The summed E-state index contributed by atoms with van der Waals surface area (Å²) in [6.07, 6.45) is 1.80. The van der Waals surface area contributed by atoms with E-state index in [1.807, 2.05) is 20.8 Å². The Kier molecular flexibility index (Phi) is 3.80. The first-order valence-electron chi connectivity index (χ1n) is 5.49. The highest BCUT2D eigenvalue weighted by Crippen LogP contribution is 2.27. The molecule has 2 N–H and O–H groups in total. The van der Waals surface area contributed by atoms with Gasteiger partial charge >= 0.3 is 0 Å².